The monoisotopic (exact) mass is 288 g/mol. The molecule has 2 rings (SSSR count). The Hall–Kier alpha value is -0.250. The zero-order valence-corrected chi connectivity index (χ0v) is 12.2. The standard InChI is InChI=1S/C14H18ClFOS/c1-13(2)5-6-18-9-14(13,17)8-10-3-4-11(16)7-12(10)15/h3-4,7,17H,5-6,8-9H2,1-2H3. The highest BCUT2D eigenvalue weighted by atomic mass is 35.5. The molecule has 1 atom stereocenters. The largest absolute Gasteiger partial charge is 0.388 e. The highest BCUT2D eigenvalue weighted by molar-refractivity contribution is 7.99. The van der Waals surface area contributed by atoms with Gasteiger partial charge in [0, 0.05) is 17.2 Å². The van der Waals surface area contributed by atoms with E-state index in [0.29, 0.717) is 17.2 Å². The van der Waals surface area contributed by atoms with E-state index < -0.39 is 5.60 Å². The number of hydrogen-bond donors (Lipinski definition) is 1. The summed E-state index contributed by atoms with van der Waals surface area (Å²) in [4.78, 5) is 0. The quantitative estimate of drug-likeness (QED) is 0.890. The smallest absolute Gasteiger partial charge is 0.124 e. The van der Waals surface area contributed by atoms with Crippen molar-refractivity contribution in [2.45, 2.75) is 32.3 Å². The minimum Gasteiger partial charge on any atom is -0.388 e. The van der Waals surface area contributed by atoms with Gasteiger partial charge in [0.2, 0.25) is 0 Å². The SMILES string of the molecule is CC1(C)CCSCC1(O)Cc1ccc(F)cc1Cl. The topological polar surface area (TPSA) is 20.2 Å². The summed E-state index contributed by atoms with van der Waals surface area (Å²) in [5, 5.41) is 11.3. The van der Waals surface area contributed by atoms with Crippen molar-refractivity contribution in [2.75, 3.05) is 11.5 Å². The fourth-order valence-corrected chi connectivity index (χ4v) is 4.13. The molecule has 1 N–H and O–H groups in total. The minimum atomic E-state index is -0.780. The molecular formula is C14H18ClFOS. The number of hydrogen-bond acceptors (Lipinski definition) is 2. The van der Waals surface area contributed by atoms with Gasteiger partial charge in [-0.15, -0.1) is 0 Å². The highest BCUT2D eigenvalue weighted by Crippen LogP contribution is 2.44. The summed E-state index contributed by atoms with van der Waals surface area (Å²) in [5.41, 5.74) is -0.107. The second-order valence-electron chi connectivity index (χ2n) is 5.63. The highest BCUT2D eigenvalue weighted by Gasteiger charge is 2.45. The first kappa shape index (κ1) is 14.2. The van der Waals surface area contributed by atoms with E-state index in [9.17, 15) is 9.50 Å². The van der Waals surface area contributed by atoms with Gasteiger partial charge in [0.05, 0.1) is 5.60 Å². The van der Waals surface area contributed by atoms with Crippen LogP contribution >= 0.6 is 23.4 Å². The van der Waals surface area contributed by atoms with Gasteiger partial charge in [0.25, 0.3) is 0 Å². The van der Waals surface area contributed by atoms with Crippen molar-refractivity contribution in [1.82, 2.24) is 0 Å². The Morgan fingerprint density at radius 1 is 1.44 bits per heavy atom. The summed E-state index contributed by atoms with van der Waals surface area (Å²) in [7, 11) is 0. The van der Waals surface area contributed by atoms with Crippen LogP contribution in [0.25, 0.3) is 0 Å². The first-order chi connectivity index (χ1) is 8.34. The van der Waals surface area contributed by atoms with Crippen LogP contribution in [0.3, 0.4) is 0 Å². The lowest BCUT2D eigenvalue weighted by Crippen LogP contribution is -2.51. The summed E-state index contributed by atoms with van der Waals surface area (Å²) < 4.78 is 13.0. The van der Waals surface area contributed by atoms with Crippen LogP contribution < -0.4 is 0 Å². The molecule has 0 saturated carbocycles. The van der Waals surface area contributed by atoms with Crippen LogP contribution in [-0.4, -0.2) is 22.2 Å². The van der Waals surface area contributed by atoms with Crippen LogP contribution in [0.2, 0.25) is 5.02 Å². The summed E-state index contributed by atoms with van der Waals surface area (Å²) in [6.45, 7) is 4.17. The summed E-state index contributed by atoms with van der Waals surface area (Å²) in [6.07, 6.45) is 1.46. The van der Waals surface area contributed by atoms with Crippen LogP contribution in [0.15, 0.2) is 18.2 Å². The normalized spacial score (nSPS) is 27.2. The molecule has 100 valence electrons. The Kier molecular flexibility index (Phi) is 3.96. The maximum absolute atomic E-state index is 13.0. The van der Waals surface area contributed by atoms with Crippen LogP contribution in [-0.2, 0) is 6.42 Å². The molecule has 1 unspecified atom stereocenters. The Morgan fingerprint density at radius 2 is 2.17 bits per heavy atom. The van der Waals surface area contributed by atoms with E-state index in [1.54, 1.807) is 17.8 Å². The van der Waals surface area contributed by atoms with Gasteiger partial charge in [0.1, 0.15) is 5.82 Å². The van der Waals surface area contributed by atoms with E-state index in [-0.39, 0.29) is 11.2 Å². The molecule has 1 nitrogen and oxygen atoms in total. The van der Waals surface area contributed by atoms with Crippen LogP contribution in [0.4, 0.5) is 4.39 Å². The molecule has 0 aliphatic carbocycles. The third-order valence-electron chi connectivity index (χ3n) is 3.97. The van der Waals surface area contributed by atoms with E-state index in [0.717, 1.165) is 17.7 Å². The Morgan fingerprint density at radius 3 is 2.78 bits per heavy atom. The molecule has 18 heavy (non-hydrogen) atoms. The van der Waals surface area contributed by atoms with Crippen molar-refractivity contribution >= 4 is 23.4 Å². The summed E-state index contributed by atoms with van der Waals surface area (Å²) in [6, 6.07) is 4.38. The lowest BCUT2D eigenvalue weighted by molar-refractivity contribution is -0.0512. The number of aliphatic hydroxyl groups is 1. The fourth-order valence-electron chi connectivity index (χ4n) is 2.27. The van der Waals surface area contributed by atoms with E-state index in [1.165, 1.54) is 12.1 Å². The van der Waals surface area contributed by atoms with Crippen molar-refractivity contribution in [3.8, 4) is 0 Å². The molecule has 0 radical (unpaired) electrons. The average Bonchev–Trinajstić information content (AvgIpc) is 2.27. The van der Waals surface area contributed by atoms with Crippen molar-refractivity contribution in [1.29, 1.82) is 0 Å². The van der Waals surface area contributed by atoms with Gasteiger partial charge in [-0.05, 0) is 35.3 Å². The lowest BCUT2D eigenvalue weighted by Gasteiger charge is -2.46. The van der Waals surface area contributed by atoms with E-state index >= 15 is 0 Å². The van der Waals surface area contributed by atoms with Crippen molar-refractivity contribution in [2.24, 2.45) is 5.41 Å². The van der Waals surface area contributed by atoms with Crippen LogP contribution in [0.1, 0.15) is 25.8 Å². The molecule has 0 spiro atoms. The van der Waals surface area contributed by atoms with E-state index in [2.05, 4.69) is 13.8 Å². The maximum atomic E-state index is 13.0. The Balaban J connectivity index is 2.26. The maximum Gasteiger partial charge on any atom is 0.124 e. The van der Waals surface area contributed by atoms with Gasteiger partial charge in [-0.2, -0.15) is 11.8 Å². The zero-order valence-electron chi connectivity index (χ0n) is 10.7. The molecule has 1 aliphatic heterocycles. The second-order valence-corrected chi connectivity index (χ2v) is 7.14. The molecular weight excluding hydrogens is 271 g/mol. The summed E-state index contributed by atoms with van der Waals surface area (Å²) in [5.74, 6) is 1.44. The molecule has 0 aromatic heterocycles. The predicted molar refractivity (Wildman–Crippen MR) is 75.8 cm³/mol. The number of halogens is 2. The van der Waals surface area contributed by atoms with Gasteiger partial charge in [-0.3, -0.25) is 0 Å². The van der Waals surface area contributed by atoms with Crippen molar-refractivity contribution in [3.05, 3.63) is 34.6 Å². The minimum absolute atomic E-state index is 0.143. The third-order valence-corrected chi connectivity index (χ3v) is 5.50. The third kappa shape index (κ3) is 2.68. The molecule has 1 saturated heterocycles. The van der Waals surface area contributed by atoms with Gasteiger partial charge in [-0.25, -0.2) is 4.39 Å². The predicted octanol–water partition coefficient (Wildman–Crippen LogP) is 3.92. The molecule has 0 amide bonds. The number of benzene rings is 1. The van der Waals surface area contributed by atoms with Crippen LogP contribution in [0.5, 0.6) is 0 Å². The second kappa shape index (κ2) is 5.03. The lowest BCUT2D eigenvalue weighted by atomic mass is 9.70. The van der Waals surface area contributed by atoms with Crippen LogP contribution in [0, 0.1) is 11.2 Å². The van der Waals surface area contributed by atoms with E-state index in [4.69, 9.17) is 11.6 Å². The number of thioether (sulfide) groups is 1. The Labute approximate surface area is 117 Å². The van der Waals surface area contributed by atoms with Gasteiger partial charge >= 0.3 is 0 Å². The molecule has 1 fully saturated rings. The molecule has 0 bridgehead atoms. The average molecular weight is 289 g/mol. The number of rotatable bonds is 2. The first-order valence-corrected chi connectivity index (χ1v) is 7.61. The first-order valence-electron chi connectivity index (χ1n) is 6.08. The van der Waals surface area contributed by atoms with E-state index in [1.807, 2.05) is 0 Å². The summed E-state index contributed by atoms with van der Waals surface area (Å²) >= 11 is 7.81. The molecule has 1 aromatic carbocycles. The van der Waals surface area contributed by atoms with Gasteiger partial charge in [0.15, 0.2) is 0 Å². The molecule has 1 heterocycles. The molecule has 4 heteroatoms. The molecule has 1 aromatic rings. The fraction of sp³-hybridized carbons (Fsp3) is 0.571. The van der Waals surface area contributed by atoms with Gasteiger partial charge < -0.3 is 5.11 Å². The zero-order chi connectivity index (χ0) is 13.4. The van der Waals surface area contributed by atoms with Gasteiger partial charge in [-0.1, -0.05) is 31.5 Å². The molecule has 1 aliphatic rings. The van der Waals surface area contributed by atoms with Crippen molar-refractivity contribution < 1.29 is 9.50 Å². The van der Waals surface area contributed by atoms with Crippen molar-refractivity contribution in [3.63, 3.8) is 0 Å². The Bertz CT molecular complexity index is 449.